The van der Waals surface area contributed by atoms with E-state index in [1.165, 1.54) is 12.8 Å². The molecule has 3 atom stereocenters. The van der Waals surface area contributed by atoms with Gasteiger partial charge in [0.2, 0.25) is 5.79 Å². The van der Waals surface area contributed by atoms with E-state index < -0.39 is 17.4 Å². The number of rotatable bonds is 9. The molecule has 1 aromatic carbocycles. The third-order valence-electron chi connectivity index (χ3n) is 5.34. The molecule has 0 amide bonds. The van der Waals surface area contributed by atoms with Crippen molar-refractivity contribution in [2.75, 3.05) is 0 Å². The van der Waals surface area contributed by atoms with Gasteiger partial charge in [-0.2, -0.15) is 0 Å². The molecule has 0 heterocycles. The van der Waals surface area contributed by atoms with E-state index in [0.717, 1.165) is 32.3 Å². The third-order valence-corrected chi connectivity index (χ3v) is 5.34. The van der Waals surface area contributed by atoms with Gasteiger partial charge in [-0.05, 0) is 62.7 Å². The van der Waals surface area contributed by atoms with E-state index in [-0.39, 0.29) is 5.75 Å². The zero-order valence-corrected chi connectivity index (χ0v) is 16.5. The Morgan fingerprint density at radius 3 is 2.64 bits per heavy atom. The second-order valence-corrected chi connectivity index (χ2v) is 7.42. The minimum absolute atomic E-state index is 0.230. The van der Waals surface area contributed by atoms with Gasteiger partial charge in [0, 0.05) is 6.08 Å². The second kappa shape index (κ2) is 9.74. The molecule has 1 aromatic rings. The molecule has 0 bridgehead atoms. The maximum atomic E-state index is 11.7. The van der Waals surface area contributed by atoms with Crippen LogP contribution in [0.1, 0.15) is 46.0 Å². The number of benzene rings is 1. The van der Waals surface area contributed by atoms with Crippen LogP contribution in [-0.2, 0) is 4.79 Å². The van der Waals surface area contributed by atoms with Gasteiger partial charge in [-0.3, -0.25) is 0 Å². The fourth-order valence-corrected chi connectivity index (χ4v) is 3.46. The van der Waals surface area contributed by atoms with E-state index in [1.807, 2.05) is 0 Å². The Bertz CT molecular complexity index is 731. The highest BCUT2D eigenvalue weighted by Crippen LogP contribution is 2.35. The van der Waals surface area contributed by atoms with Crippen LogP contribution in [0, 0.1) is 11.8 Å². The normalized spacial score (nSPS) is 21.7. The van der Waals surface area contributed by atoms with Crippen molar-refractivity contribution in [1.82, 2.24) is 0 Å². The lowest BCUT2D eigenvalue weighted by atomic mass is 9.92. The van der Waals surface area contributed by atoms with Gasteiger partial charge < -0.3 is 20.1 Å². The fraction of sp³-hybridized carbons (Fsp3) is 0.478. The zero-order chi connectivity index (χ0) is 20.6. The SMILES string of the molecule is CC/C=C/[C@H]1CCC[C@@H]1CC=C=CC([16OH])([16OH])C(C)(Oc1ccccc1)C(=O)O. The van der Waals surface area contributed by atoms with Crippen LogP contribution < -0.4 is 4.74 Å². The maximum absolute atomic E-state index is 11.7. The van der Waals surface area contributed by atoms with Crippen LogP contribution in [0.25, 0.3) is 0 Å². The van der Waals surface area contributed by atoms with Gasteiger partial charge in [0.1, 0.15) is 5.75 Å². The van der Waals surface area contributed by atoms with Crippen LogP contribution in [0.5, 0.6) is 5.75 Å². The van der Waals surface area contributed by atoms with Gasteiger partial charge in [0.25, 0.3) is 5.60 Å². The van der Waals surface area contributed by atoms with Gasteiger partial charge in [0.15, 0.2) is 0 Å². The monoisotopic (exact) mass is 386 g/mol. The summed E-state index contributed by atoms with van der Waals surface area (Å²) in [6.07, 6.45) is 12.4. The van der Waals surface area contributed by atoms with Crippen LogP contribution in [-0.4, -0.2) is 32.7 Å². The first-order chi connectivity index (χ1) is 13.3. The third kappa shape index (κ3) is 5.35. The first kappa shape index (κ1) is 22.0. The smallest absolute Gasteiger partial charge is 0.353 e. The Morgan fingerprint density at radius 2 is 2.00 bits per heavy atom. The summed E-state index contributed by atoms with van der Waals surface area (Å²) in [5, 5.41) is 30.4. The highest BCUT2D eigenvalue weighted by molar-refractivity contribution is 5.79. The summed E-state index contributed by atoms with van der Waals surface area (Å²) in [5.74, 6) is -2.95. The minimum Gasteiger partial charge on any atom is -0.478 e. The molecular weight excluding hydrogens is 356 g/mol. The summed E-state index contributed by atoms with van der Waals surface area (Å²) >= 11 is 0. The Hall–Kier alpha value is -2.33. The first-order valence-corrected chi connectivity index (χ1v) is 9.81. The van der Waals surface area contributed by atoms with Crippen molar-refractivity contribution in [3.8, 4) is 5.75 Å². The highest BCUT2D eigenvalue weighted by atomic mass is 16.6. The van der Waals surface area contributed by atoms with Crippen molar-refractivity contribution in [3.63, 3.8) is 0 Å². The number of para-hydroxylation sites is 1. The van der Waals surface area contributed by atoms with Crippen LogP contribution in [0.15, 0.2) is 60.4 Å². The van der Waals surface area contributed by atoms with Gasteiger partial charge in [-0.1, -0.05) is 43.7 Å². The van der Waals surface area contributed by atoms with Gasteiger partial charge in [0.05, 0.1) is 0 Å². The zero-order valence-electron chi connectivity index (χ0n) is 16.5. The van der Waals surface area contributed by atoms with Crippen molar-refractivity contribution in [2.24, 2.45) is 11.8 Å². The molecule has 152 valence electrons. The maximum Gasteiger partial charge on any atom is 0.353 e. The van der Waals surface area contributed by atoms with Crippen LogP contribution in [0.4, 0.5) is 0 Å². The number of hydrogen-bond acceptors (Lipinski definition) is 4. The lowest BCUT2D eigenvalue weighted by molar-refractivity contribution is -0.232. The molecule has 1 aliphatic rings. The van der Waals surface area contributed by atoms with Crippen molar-refractivity contribution < 1.29 is 24.9 Å². The summed E-state index contributed by atoms with van der Waals surface area (Å²) < 4.78 is 5.43. The fourth-order valence-electron chi connectivity index (χ4n) is 3.46. The molecule has 0 spiro atoms. The molecule has 0 saturated heterocycles. The predicted molar refractivity (Wildman–Crippen MR) is 108 cm³/mol. The highest BCUT2D eigenvalue weighted by Gasteiger charge is 2.53. The molecular formula is C23H30O5. The van der Waals surface area contributed by atoms with E-state index in [9.17, 15) is 20.1 Å². The standard InChI is InChI=1S/C23H30O5/c1-3-4-11-18-13-10-14-19(18)12-8-9-17-23(26,27)22(2,21(24)25)28-20-15-6-5-7-16-20/h4-8,11,15-19,26-27H,3,10,12-14H2,1-2H3,(H,24,25)/b11-4+/t9?,18-,19-,22?/m0/s1/i26+0,27+0. The average Bonchev–Trinajstić information content (AvgIpc) is 3.11. The molecule has 0 aliphatic heterocycles. The molecule has 5 nitrogen and oxygen atoms in total. The molecule has 3 N–H and O–H groups in total. The second-order valence-electron chi connectivity index (χ2n) is 7.42. The summed E-state index contributed by atoms with van der Waals surface area (Å²) in [6.45, 7) is 3.24. The number of carboxylic acid groups (broad SMARTS) is 1. The van der Waals surface area contributed by atoms with Crippen molar-refractivity contribution in [3.05, 3.63) is 60.4 Å². The Balaban J connectivity index is 2.11. The topological polar surface area (TPSA) is 87.0 Å². The number of aliphatic hydroxyl groups is 2. The lowest BCUT2D eigenvalue weighted by Crippen LogP contribution is -2.60. The molecule has 1 unspecified atom stereocenters. The van der Waals surface area contributed by atoms with Crippen LogP contribution >= 0.6 is 0 Å². The van der Waals surface area contributed by atoms with Gasteiger partial charge >= 0.3 is 5.97 Å². The summed E-state index contributed by atoms with van der Waals surface area (Å²) in [5.41, 5.74) is 0.475. The van der Waals surface area contributed by atoms with E-state index >= 15 is 0 Å². The molecule has 0 radical (unpaired) electrons. The molecule has 1 fully saturated rings. The number of allylic oxidation sites excluding steroid dienone is 2. The largest absolute Gasteiger partial charge is 0.478 e. The number of carboxylic acids is 1. The van der Waals surface area contributed by atoms with E-state index in [1.54, 1.807) is 36.4 Å². The Morgan fingerprint density at radius 1 is 1.29 bits per heavy atom. The summed E-state index contributed by atoms with van der Waals surface area (Å²) in [6, 6.07) is 8.22. The number of aliphatic carboxylic acids is 1. The van der Waals surface area contributed by atoms with Crippen LogP contribution in [0.3, 0.4) is 0 Å². The minimum atomic E-state index is -2.73. The van der Waals surface area contributed by atoms with Crippen molar-refractivity contribution >= 4 is 5.97 Å². The summed E-state index contributed by atoms with van der Waals surface area (Å²) in [4.78, 5) is 11.7. The molecule has 1 aliphatic carbocycles. The number of hydrogen-bond donors (Lipinski definition) is 3. The molecule has 2 rings (SSSR count). The molecule has 5 heteroatoms. The lowest BCUT2D eigenvalue weighted by Gasteiger charge is -2.35. The predicted octanol–water partition coefficient (Wildman–Crippen LogP) is 4.07. The van der Waals surface area contributed by atoms with Crippen LogP contribution in [0.2, 0.25) is 0 Å². The van der Waals surface area contributed by atoms with Crippen molar-refractivity contribution in [1.29, 1.82) is 0 Å². The Kier molecular flexibility index (Phi) is 7.64. The average molecular weight is 386 g/mol. The quantitative estimate of drug-likeness (QED) is 0.338. The first-order valence-electron chi connectivity index (χ1n) is 9.81. The van der Waals surface area contributed by atoms with E-state index in [2.05, 4.69) is 24.8 Å². The summed E-state index contributed by atoms with van der Waals surface area (Å²) in [7, 11) is 0. The number of ether oxygens (including phenoxy) is 1. The Labute approximate surface area is 166 Å². The van der Waals surface area contributed by atoms with E-state index in [0.29, 0.717) is 11.8 Å². The van der Waals surface area contributed by atoms with E-state index in [4.69, 9.17) is 4.74 Å². The van der Waals surface area contributed by atoms with Gasteiger partial charge in [-0.25, -0.2) is 4.79 Å². The van der Waals surface area contributed by atoms with Crippen molar-refractivity contribution in [2.45, 2.75) is 57.3 Å². The molecule has 0 aromatic heterocycles. The molecule has 28 heavy (non-hydrogen) atoms. The van der Waals surface area contributed by atoms with Gasteiger partial charge in [-0.15, -0.1) is 5.73 Å². The number of carbonyl (C=O) groups is 1. The molecule has 1 saturated carbocycles.